The number of carbonyl (C=O) groups is 1. The van der Waals surface area contributed by atoms with E-state index >= 15 is 0 Å². The fourth-order valence-corrected chi connectivity index (χ4v) is 3.34. The molecule has 1 heterocycles. The lowest BCUT2D eigenvalue weighted by Crippen LogP contribution is -2.40. The number of unbranched alkanes of at least 4 members (excludes halogenated alkanes) is 1. The van der Waals surface area contributed by atoms with Gasteiger partial charge < -0.3 is 5.32 Å². The first-order chi connectivity index (χ1) is 10.0. The van der Waals surface area contributed by atoms with Crippen molar-refractivity contribution in [2.45, 2.75) is 59.4 Å². The summed E-state index contributed by atoms with van der Waals surface area (Å²) in [5, 5.41) is 3.17. The van der Waals surface area contributed by atoms with Crippen LogP contribution in [0, 0.1) is 20.8 Å². The Bertz CT molecular complexity index is 487. The second-order valence-electron chi connectivity index (χ2n) is 6.31. The van der Waals surface area contributed by atoms with E-state index in [-0.39, 0.29) is 11.9 Å². The summed E-state index contributed by atoms with van der Waals surface area (Å²) < 4.78 is 0. The lowest BCUT2D eigenvalue weighted by molar-refractivity contribution is -0.120. The highest BCUT2D eigenvalue weighted by atomic mass is 16.2. The summed E-state index contributed by atoms with van der Waals surface area (Å²) in [4.78, 5) is 15.0. The third-order valence-electron chi connectivity index (χ3n) is 4.39. The Hall–Kier alpha value is -1.35. The third-order valence-corrected chi connectivity index (χ3v) is 4.39. The standard InChI is InChI=1S/C18H28N2O/c1-5-6-9-20-10-7-8-16(20)18(21)19-17-14(3)11-13(2)12-15(17)4/h11-12,16H,5-10H2,1-4H3,(H,19,21)/t16-/m0/s1. The van der Waals surface area contributed by atoms with Crippen LogP contribution in [0.2, 0.25) is 0 Å². The molecule has 3 nitrogen and oxygen atoms in total. The molecule has 0 aliphatic carbocycles. The quantitative estimate of drug-likeness (QED) is 0.893. The number of carbonyl (C=O) groups excluding carboxylic acids is 1. The molecule has 1 aliphatic rings. The zero-order valence-electron chi connectivity index (χ0n) is 13.8. The van der Waals surface area contributed by atoms with Crippen LogP contribution in [0.1, 0.15) is 49.3 Å². The molecular weight excluding hydrogens is 260 g/mol. The van der Waals surface area contributed by atoms with Crippen molar-refractivity contribution in [3.63, 3.8) is 0 Å². The molecule has 1 atom stereocenters. The van der Waals surface area contributed by atoms with Gasteiger partial charge in [0, 0.05) is 5.69 Å². The molecule has 0 aromatic heterocycles. The van der Waals surface area contributed by atoms with Gasteiger partial charge in [-0.3, -0.25) is 9.69 Å². The molecule has 1 amide bonds. The molecule has 0 radical (unpaired) electrons. The van der Waals surface area contributed by atoms with Crippen LogP contribution in [-0.4, -0.2) is 29.9 Å². The minimum absolute atomic E-state index is 0.0525. The molecule has 0 spiro atoms. The number of nitrogens with zero attached hydrogens (tertiary/aromatic N) is 1. The number of anilines is 1. The van der Waals surface area contributed by atoms with Gasteiger partial charge in [-0.15, -0.1) is 0 Å². The SMILES string of the molecule is CCCCN1CCC[C@H]1C(=O)Nc1c(C)cc(C)cc1C. The van der Waals surface area contributed by atoms with Crippen molar-refractivity contribution < 1.29 is 4.79 Å². The average Bonchev–Trinajstić information content (AvgIpc) is 2.88. The molecule has 0 bridgehead atoms. The van der Waals surface area contributed by atoms with Gasteiger partial charge in [0.15, 0.2) is 0 Å². The van der Waals surface area contributed by atoms with Crippen LogP contribution in [0.15, 0.2) is 12.1 Å². The first-order valence-corrected chi connectivity index (χ1v) is 8.15. The van der Waals surface area contributed by atoms with E-state index in [1.165, 1.54) is 18.4 Å². The lowest BCUT2D eigenvalue weighted by Gasteiger charge is -2.24. The van der Waals surface area contributed by atoms with Gasteiger partial charge in [0.05, 0.1) is 6.04 Å². The van der Waals surface area contributed by atoms with E-state index in [0.717, 1.165) is 42.7 Å². The van der Waals surface area contributed by atoms with Crippen molar-refractivity contribution in [2.75, 3.05) is 18.4 Å². The third kappa shape index (κ3) is 3.85. The fourth-order valence-electron chi connectivity index (χ4n) is 3.34. The Morgan fingerprint density at radius 2 is 1.95 bits per heavy atom. The Balaban J connectivity index is 2.07. The summed E-state index contributed by atoms with van der Waals surface area (Å²) in [5.74, 6) is 0.165. The van der Waals surface area contributed by atoms with Crippen LogP contribution < -0.4 is 5.32 Å². The number of rotatable bonds is 5. The van der Waals surface area contributed by atoms with Crippen LogP contribution in [0.3, 0.4) is 0 Å². The second-order valence-corrected chi connectivity index (χ2v) is 6.31. The molecule has 1 aromatic carbocycles. The first-order valence-electron chi connectivity index (χ1n) is 8.15. The zero-order chi connectivity index (χ0) is 15.4. The summed E-state index contributed by atoms with van der Waals surface area (Å²) in [6, 6.07) is 4.31. The summed E-state index contributed by atoms with van der Waals surface area (Å²) in [7, 11) is 0. The molecule has 1 fully saturated rings. The van der Waals surface area contributed by atoms with Crippen molar-refractivity contribution in [2.24, 2.45) is 0 Å². The fraction of sp³-hybridized carbons (Fsp3) is 0.611. The minimum atomic E-state index is 0.0525. The molecule has 1 aromatic rings. The van der Waals surface area contributed by atoms with Gasteiger partial charge in [0.2, 0.25) is 5.91 Å². The summed E-state index contributed by atoms with van der Waals surface area (Å²) in [6.45, 7) is 10.5. The number of benzene rings is 1. The van der Waals surface area contributed by atoms with Gasteiger partial charge in [-0.1, -0.05) is 31.0 Å². The predicted octanol–water partition coefficient (Wildman–Crippen LogP) is 3.81. The van der Waals surface area contributed by atoms with Crippen LogP contribution in [0.4, 0.5) is 5.69 Å². The maximum absolute atomic E-state index is 12.6. The molecule has 1 saturated heterocycles. The van der Waals surface area contributed by atoms with Crippen molar-refractivity contribution >= 4 is 11.6 Å². The Kier molecular flexibility index (Phi) is 5.40. The van der Waals surface area contributed by atoms with E-state index in [4.69, 9.17) is 0 Å². The van der Waals surface area contributed by atoms with Gasteiger partial charge in [-0.25, -0.2) is 0 Å². The van der Waals surface area contributed by atoms with E-state index in [9.17, 15) is 4.79 Å². The normalized spacial score (nSPS) is 19.0. The lowest BCUT2D eigenvalue weighted by atomic mass is 10.0. The van der Waals surface area contributed by atoms with Gasteiger partial charge >= 0.3 is 0 Å². The highest BCUT2D eigenvalue weighted by Crippen LogP contribution is 2.24. The highest BCUT2D eigenvalue weighted by molar-refractivity contribution is 5.96. The molecular formula is C18H28N2O. The molecule has 0 unspecified atom stereocenters. The summed E-state index contributed by atoms with van der Waals surface area (Å²) in [6.07, 6.45) is 4.47. The number of hydrogen-bond acceptors (Lipinski definition) is 2. The van der Waals surface area contributed by atoms with Crippen molar-refractivity contribution in [1.82, 2.24) is 4.90 Å². The molecule has 116 valence electrons. The molecule has 0 saturated carbocycles. The number of likely N-dealkylation sites (tertiary alicyclic amines) is 1. The Morgan fingerprint density at radius 1 is 1.29 bits per heavy atom. The highest BCUT2D eigenvalue weighted by Gasteiger charge is 2.30. The first kappa shape index (κ1) is 16.0. The van der Waals surface area contributed by atoms with E-state index < -0.39 is 0 Å². The van der Waals surface area contributed by atoms with Crippen molar-refractivity contribution in [1.29, 1.82) is 0 Å². The maximum Gasteiger partial charge on any atom is 0.241 e. The number of hydrogen-bond donors (Lipinski definition) is 1. The van der Waals surface area contributed by atoms with E-state index in [1.54, 1.807) is 0 Å². The smallest absolute Gasteiger partial charge is 0.241 e. The zero-order valence-corrected chi connectivity index (χ0v) is 13.8. The van der Waals surface area contributed by atoms with Crippen LogP contribution >= 0.6 is 0 Å². The van der Waals surface area contributed by atoms with Crippen LogP contribution in [-0.2, 0) is 4.79 Å². The van der Waals surface area contributed by atoms with E-state index in [1.807, 2.05) is 0 Å². The largest absolute Gasteiger partial charge is 0.324 e. The predicted molar refractivity (Wildman–Crippen MR) is 88.8 cm³/mol. The molecule has 2 rings (SSSR count). The van der Waals surface area contributed by atoms with Gasteiger partial charge in [0.1, 0.15) is 0 Å². The van der Waals surface area contributed by atoms with Gasteiger partial charge in [0.25, 0.3) is 0 Å². The maximum atomic E-state index is 12.6. The van der Waals surface area contributed by atoms with Gasteiger partial charge in [-0.05, 0) is 64.3 Å². The van der Waals surface area contributed by atoms with Crippen molar-refractivity contribution in [3.8, 4) is 0 Å². The van der Waals surface area contributed by atoms with E-state index in [2.05, 4.69) is 50.0 Å². The number of amides is 1. The average molecular weight is 288 g/mol. The van der Waals surface area contributed by atoms with Crippen LogP contribution in [0.5, 0.6) is 0 Å². The minimum Gasteiger partial charge on any atom is -0.324 e. The molecule has 21 heavy (non-hydrogen) atoms. The molecule has 3 heteroatoms. The number of aryl methyl sites for hydroxylation is 3. The van der Waals surface area contributed by atoms with Crippen LogP contribution in [0.25, 0.3) is 0 Å². The summed E-state index contributed by atoms with van der Waals surface area (Å²) in [5.41, 5.74) is 4.54. The Labute approximate surface area is 128 Å². The molecule has 1 N–H and O–H groups in total. The number of nitrogens with one attached hydrogen (secondary N) is 1. The monoisotopic (exact) mass is 288 g/mol. The van der Waals surface area contributed by atoms with Crippen molar-refractivity contribution in [3.05, 3.63) is 28.8 Å². The Morgan fingerprint density at radius 3 is 2.57 bits per heavy atom. The van der Waals surface area contributed by atoms with Gasteiger partial charge in [-0.2, -0.15) is 0 Å². The van der Waals surface area contributed by atoms with E-state index in [0.29, 0.717) is 0 Å². The summed E-state index contributed by atoms with van der Waals surface area (Å²) >= 11 is 0. The topological polar surface area (TPSA) is 32.3 Å². The second kappa shape index (κ2) is 7.08. The molecule has 1 aliphatic heterocycles.